The number of hydrogen-bond donors (Lipinski definition) is 2. The van der Waals surface area contributed by atoms with E-state index in [0.29, 0.717) is 13.2 Å². The topological polar surface area (TPSA) is 50.4 Å². The molecule has 0 rings (SSSR count). The molecule has 4 heteroatoms. The summed E-state index contributed by atoms with van der Waals surface area (Å²) in [6.45, 7) is 6.97. The molecule has 0 aromatic carbocycles. The van der Waals surface area contributed by atoms with Gasteiger partial charge in [0.15, 0.2) is 0 Å². The van der Waals surface area contributed by atoms with Crippen molar-refractivity contribution in [3.63, 3.8) is 0 Å². The quantitative estimate of drug-likeness (QED) is 0.633. The minimum atomic E-state index is 0.0366. The Balaban J connectivity index is 3.62. The number of carbonyl (C=O) groups is 1. The molecule has 0 saturated heterocycles. The Kier molecular flexibility index (Phi) is 7.42. The number of methoxy groups -OCH3 is 1. The first kappa shape index (κ1) is 13.4. The minimum absolute atomic E-state index is 0.0366. The summed E-state index contributed by atoms with van der Waals surface area (Å²) in [6, 6.07) is 0.463. The van der Waals surface area contributed by atoms with Crippen molar-refractivity contribution in [2.24, 2.45) is 0 Å². The molecule has 4 nitrogen and oxygen atoms in total. The van der Waals surface area contributed by atoms with Gasteiger partial charge >= 0.3 is 0 Å². The summed E-state index contributed by atoms with van der Waals surface area (Å²) < 4.78 is 5.01. The molecule has 1 atom stereocenters. The van der Waals surface area contributed by atoms with Crippen molar-refractivity contribution < 1.29 is 9.53 Å². The number of hydrogen-bond acceptors (Lipinski definition) is 3. The molecule has 0 saturated carbocycles. The molecule has 0 heterocycles. The normalized spacial score (nSPS) is 12.9. The second-order valence-corrected chi connectivity index (χ2v) is 3.66. The van der Waals surface area contributed by atoms with Gasteiger partial charge in [-0.15, -0.1) is 0 Å². The number of nitrogens with one attached hydrogen (secondary N) is 2. The van der Waals surface area contributed by atoms with E-state index in [-0.39, 0.29) is 18.0 Å². The van der Waals surface area contributed by atoms with Crippen molar-refractivity contribution in [1.82, 2.24) is 10.6 Å². The van der Waals surface area contributed by atoms with Gasteiger partial charge in [0, 0.05) is 19.2 Å². The van der Waals surface area contributed by atoms with Crippen LogP contribution >= 0.6 is 0 Å². The van der Waals surface area contributed by atoms with E-state index in [1.807, 2.05) is 13.8 Å². The zero-order chi connectivity index (χ0) is 11.0. The lowest BCUT2D eigenvalue weighted by Crippen LogP contribution is -2.42. The molecule has 1 unspecified atom stereocenters. The Morgan fingerprint density at radius 1 is 1.43 bits per heavy atom. The average molecular weight is 202 g/mol. The molecular weight excluding hydrogens is 180 g/mol. The SMILES string of the molecule is CCC(COC)NCC(=O)NC(C)C. The van der Waals surface area contributed by atoms with Crippen LogP contribution in [0.15, 0.2) is 0 Å². The molecule has 0 fully saturated rings. The summed E-state index contributed by atoms with van der Waals surface area (Å²) in [5, 5.41) is 5.96. The Morgan fingerprint density at radius 2 is 2.07 bits per heavy atom. The van der Waals surface area contributed by atoms with Crippen LogP contribution in [0.2, 0.25) is 0 Å². The maximum absolute atomic E-state index is 11.3. The summed E-state index contributed by atoms with van der Waals surface area (Å²) in [5.41, 5.74) is 0. The summed E-state index contributed by atoms with van der Waals surface area (Å²) in [7, 11) is 1.67. The summed E-state index contributed by atoms with van der Waals surface area (Å²) in [5.74, 6) is 0.0366. The van der Waals surface area contributed by atoms with Crippen LogP contribution in [0.1, 0.15) is 27.2 Å². The van der Waals surface area contributed by atoms with E-state index in [1.54, 1.807) is 7.11 Å². The smallest absolute Gasteiger partial charge is 0.234 e. The molecule has 2 N–H and O–H groups in total. The number of rotatable bonds is 7. The first-order valence-corrected chi connectivity index (χ1v) is 5.11. The summed E-state index contributed by atoms with van der Waals surface area (Å²) >= 11 is 0. The molecule has 0 bridgehead atoms. The molecule has 0 radical (unpaired) electrons. The van der Waals surface area contributed by atoms with Crippen LogP contribution in [-0.4, -0.2) is 38.3 Å². The molecule has 0 aliphatic rings. The van der Waals surface area contributed by atoms with Gasteiger partial charge in [-0.05, 0) is 20.3 Å². The van der Waals surface area contributed by atoms with Gasteiger partial charge in [0.2, 0.25) is 5.91 Å². The third kappa shape index (κ3) is 6.86. The van der Waals surface area contributed by atoms with Gasteiger partial charge in [-0.25, -0.2) is 0 Å². The zero-order valence-corrected chi connectivity index (χ0v) is 9.59. The minimum Gasteiger partial charge on any atom is -0.383 e. The van der Waals surface area contributed by atoms with E-state index in [1.165, 1.54) is 0 Å². The molecule has 14 heavy (non-hydrogen) atoms. The van der Waals surface area contributed by atoms with E-state index in [0.717, 1.165) is 6.42 Å². The highest BCUT2D eigenvalue weighted by Crippen LogP contribution is 1.90. The van der Waals surface area contributed by atoms with E-state index >= 15 is 0 Å². The predicted molar refractivity (Wildman–Crippen MR) is 57.2 cm³/mol. The first-order valence-electron chi connectivity index (χ1n) is 5.11. The molecule has 84 valence electrons. The average Bonchev–Trinajstić information content (AvgIpc) is 2.11. The van der Waals surface area contributed by atoms with Gasteiger partial charge < -0.3 is 15.4 Å². The van der Waals surface area contributed by atoms with Crippen LogP contribution in [0, 0.1) is 0 Å². The van der Waals surface area contributed by atoms with Gasteiger partial charge in [0.25, 0.3) is 0 Å². The largest absolute Gasteiger partial charge is 0.383 e. The third-order valence-electron chi connectivity index (χ3n) is 1.86. The van der Waals surface area contributed by atoms with Gasteiger partial charge in [0.05, 0.1) is 13.2 Å². The molecule has 0 spiro atoms. The molecule has 1 amide bonds. The predicted octanol–water partition coefficient (Wildman–Crippen LogP) is 0.526. The highest BCUT2D eigenvalue weighted by Gasteiger charge is 2.08. The lowest BCUT2D eigenvalue weighted by atomic mass is 10.2. The number of ether oxygens (including phenoxy) is 1. The zero-order valence-electron chi connectivity index (χ0n) is 9.59. The maximum atomic E-state index is 11.3. The first-order chi connectivity index (χ1) is 6.60. The lowest BCUT2D eigenvalue weighted by Gasteiger charge is -2.16. The van der Waals surface area contributed by atoms with Crippen molar-refractivity contribution in [3.8, 4) is 0 Å². The van der Waals surface area contributed by atoms with Crippen molar-refractivity contribution in [1.29, 1.82) is 0 Å². The van der Waals surface area contributed by atoms with Crippen LogP contribution in [0.4, 0.5) is 0 Å². The van der Waals surface area contributed by atoms with Crippen molar-refractivity contribution in [3.05, 3.63) is 0 Å². The Labute approximate surface area is 86.4 Å². The number of amides is 1. The molecule has 0 aromatic rings. The van der Waals surface area contributed by atoms with E-state index in [9.17, 15) is 4.79 Å². The highest BCUT2D eigenvalue weighted by atomic mass is 16.5. The summed E-state index contributed by atoms with van der Waals surface area (Å²) in [6.07, 6.45) is 0.961. The van der Waals surface area contributed by atoms with Crippen LogP contribution in [0.3, 0.4) is 0 Å². The van der Waals surface area contributed by atoms with Gasteiger partial charge in [0.1, 0.15) is 0 Å². The second kappa shape index (κ2) is 7.76. The fourth-order valence-corrected chi connectivity index (χ4v) is 1.13. The van der Waals surface area contributed by atoms with Crippen LogP contribution in [0.5, 0.6) is 0 Å². The third-order valence-corrected chi connectivity index (χ3v) is 1.86. The number of carbonyl (C=O) groups excluding carboxylic acids is 1. The van der Waals surface area contributed by atoms with E-state index in [4.69, 9.17) is 4.74 Å². The fraction of sp³-hybridized carbons (Fsp3) is 0.900. The fourth-order valence-electron chi connectivity index (χ4n) is 1.13. The second-order valence-electron chi connectivity index (χ2n) is 3.66. The van der Waals surface area contributed by atoms with Gasteiger partial charge in [-0.2, -0.15) is 0 Å². The molecular formula is C10H22N2O2. The Bertz CT molecular complexity index is 160. The monoisotopic (exact) mass is 202 g/mol. The van der Waals surface area contributed by atoms with Crippen LogP contribution < -0.4 is 10.6 Å². The highest BCUT2D eigenvalue weighted by molar-refractivity contribution is 5.78. The summed E-state index contributed by atoms with van der Waals surface area (Å²) in [4.78, 5) is 11.3. The Morgan fingerprint density at radius 3 is 2.50 bits per heavy atom. The van der Waals surface area contributed by atoms with E-state index < -0.39 is 0 Å². The van der Waals surface area contributed by atoms with Gasteiger partial charge in [-0.1, -0.05) is 6.92 Å². The molecule has 0 aliphatic heterocycles. The Hall–Kier alpha value is -0.610. The van der Waals surface area contributed by atoms with Crippen LogP contribution in [0.25, 0.3) is 0 Å². The maximum Gasteiger partial charge on any atom is 0.234 e. The molecule has 0 aliphatic carbocycles. The van der Waals surface area contributed by atoms with Crippen molar-refractivity contribution in [2.75, 3.05) is 20.3 Å². The lowest BCUT2D eigenvalue weighted by molar-refractivity contribution is -0.120. The van der Waals surface area contributed by atoms with Crippen molar-refractivity contribution in [2.45, 2.75) is 39.3 Å². The van der Waals surface area contributed by atoms with E-state index in [2.05, 4.69) is 17.6 Å². The van der Waals surface area contributed by atoms with Crippen LogP contribution in [-0.2, 0) is 9.53 Å². The molecule has 0 aromatic heterocycles. The van der Waals surface area contributed by atoms with Crippen molar-refractivity contribution >= 4 is 5.91 Å². The standard InChI is InChI=1S/C10H22N2O2/c1-5-9(7-14-4)11-6-10(13)12-8(2)3/h8-9,11H,5-7H2,1-4H3,(H,12,13). The van der Waals surface area contributed by atoms with Gasteiger partial charge in [-0.3, -0.25) is 4.79 Å².